The molecule has 0 unspecified atom stereocenters. The van der Waals surface area contributed by atoms with Gasteiger partial charge in [0, 0.05) is 43.3 Å². The Morgan fingerprint density at radius 1 is 1.05 bits per heavy atom. The van der Waals surface area contributed by atoms with Gasteiger partial charge in [-0.1, -0.05) is 43.0 Å². The average Bonchev–Trinajstić information content (AvgIpc) is 2.95. The maximum atomic E-state index is 15.3. The molecule has 9 heteroatoms. The Morgan fingerprint density at radius 2 is 1.77 bits per heavy atom. The van der Waals surface area contributed by atoms with Crippen LogP contribution < -0.4 is 16.0 Å². The Hall–Kier alpha value is -2.94. The van der Waals surface area contributed by atoms with Crippen molar-refractivity contribution < 1.29 is 4.39 Å². The summed E-state index contributed by atoms with van der Waals surface area (Å²) < 4.78 is 15.3. The van der Waals surface area contributed by atoms with Crippen LogP contribution in [0.5, 0.6) is 0 Å². The number of hydrogen-bond acceptors (Lipinski definition) is 7. The van der Waals surface area contributed by atoms with Gasteiger partial charge >= 0.3 is 0 Å². The summed E-state index contributed by atoms with van der Waals surface area (Å²) in [6.45, 7) is 7.00. The molecule has 2 atom stereocenters. The van der Waals surface area contributed by atoms with Crippen LogP contribution in [0.25, 0.3) is 11.1 Å². The van der Waals surface area contributed by atoms with Crippen molar-refractivity contribution in [3.05, 3.63) is 59.3 Å². The molecule has 3 aromatic rings. The Kier molecular flexibility index (Phi) is 8.78. The van der Waals surface area contributed by atoms with E-state index in [2.05, 4.69) is 64.0 Å². The Balaban J connectivity index is 1.49. The van der Waals surface area contributed by atoms with Crippen molar-refractivity contribution in [1.29, 1.82) is 0 Å². The molecule has 214 valence electrons. The van der Waals surface area contributed by atoms with E-state index in [1.165, 1.54) is 38.4 Å². The lowest BCUT2D eigenvalue weighted by Crippen LogP contribution is -2.55. The van der Waals surface area contributed by atoms with Crippen LogP contribution in [0.15, 0.2) is 42.7 Å². The highest BCUT2D eigenvalue weighted by atomic mass is 35.5. The van der Waals surface area contributed by atoms with Crippen molar-refractivity contribution in [2.24, 2.45) is 0 Å². The van der Waals surface area contributed by atoms with Crippen LogP contribution in [0.1, 0.15) is 51.5 Å². The van der Waals surface area contributed by atoms with E-state index in [-0.39, 0.29) is 16.7 Å². The maximum Gasteiger partial charge on any atom is 0.158 e. The monoisotopic (exact) mass is 565 g/mol. The minimum Gasteiger partial charge on any atom is -0.393 e. The van der Waals surface area contributed by atoms with Gasteiger partial charge in [0.15, 0.2) is 11.0 Å². The third-order valence-electron chi connectivity index (χ3n) is 8.76. The minimum absolute atomic E-state index is 0.192. The molecule has 7 nitrogen and oxygen atoms in total. The molecule has 0 amide bonds. The summed E-state index contributed by atoms with van der Waals surface area (Å²) in [5.41, 5.74) is 10.8. The lowest BCUT2D eigenvalue weighted by molar-refractivity contribution is 0.170. The Bertz CT molecular complexity index is 1320. The van der Waals surface area contributed by atoms with E-state index in [0.717, 1.165) is 42.1 Å². The first-order valence-electron chi connectivity index (χ1n) is 14.3. The number of rotatable bonds is 7. The first-order chi connectivity index (χ1) is 19.2. The average molecular weight is 566 g/mol. The molecule has 2 aromatic carbocycles. The van der Waals surface area contributed by atoms with Crippen molar-refractivity contribution in [1.82, 2.24) is 19.8 Å². The molecule has 1 aliphatic heterocycles. The number of hydrogen-bond donors (Lipinski definition) is 2. The molecule has 3 N–H and O–H groups in total. The van der Waals surface area contributed by atoms with Crippen LogP contribution in [0, 0.1) is 5.82 Å². The second-order valence-corrected chi connectivity index (χ2v) is 11.9. The second kappa shape index (κ2) is 12.3. The van der Waals surface area contributed by atoms with Gasteiger partial charge < -0.3 is 16.0 Å². The molecule has 1 saturated carbocycles. The number of anilines is 4. The summed E-state index contributed by atoms with van der Waals surface area (Å²) in [7, 11) is 4.35. The van der Waals surface area contributed by atoms with Gasteiger partial charge in [0.25, 0.3) is 0 Å². The first-order valence-corrected chi connectivity index (χ1v) is 14.7. The highest BCUT2D eigenvalue weighted by Crippen LogP contribution is 2.37. The van der Waals surface area contributed by atoms with E-state index >= 15 is 4.39 Å². The van der Waals surface area contributed by atoms with Crippen LogP contribution in [-0.2, 0) is 6.54 Å². The smallest absolute Gasteiger partial charge is 0.158 e. The summed E-state index contributed by atoms with van der Waals surface area (Å²) >= 11 is 6.20. The van der Waals surface area contributed by atoms with Gasteiger partial charge in [-0.15, -0.1) is 0 Å². The molecule has 1 saturated heterocycles. The van der Waals surface area contributed by atoms with Gasteiger partial charge in [-0.3, -0.25) is 9.80 Å². The summed E-state index contributed by atoms with van der Waals surface area (Å²) in [6.07, 6.45) is 7.77. The predicted molar refractivity (Wildman–Crippen MR) is 164 cm³/mol. The van der Waals surface area contributed by atoms with E-state index in [4.69, 9.17) is 17.3 Å². The number of nitrogens with two attached hydrogens (primary N) is 1. The van der Waals surface area contributed by atoms with Gasteiger partial charge in [-0.2, -0.15) is 0 Å². The number of likely N-dealkylation sites (N-methyl/N-ethyl adjacent to an activating group) is 1. The normalized spacial score (nSPS) is 20.7. The van der Waals surface area contributed by atoms with E-state index in [9.17, 15) is 0 Å². The summed E-state index contributed by atoms with van der Waals surface area (Å²) in [6, 6.07) is 12.9. The van der Waals surface area contributed by atoms with Gasteiger partial charge in [-0.25, -0.2) is 14.4 Å². The molecule has 2 fully saturated rings. The molecule has 2 aliphatic rings. The number of piperazine rings is 1. The lowest BCUT2D eigenvalue weighted by atomic mass is 9.94. The Labute approximate surface area is 242 Å². The summed E-state index contributed by atoms with van der Waals surface area (Å²) in [5.74, 6) is 0.186. The minimum atomic E-state index is -0.241. The number of nitrogens with one attached hydrogen (secondary N) is 1. The fourth-order valence-corrected chi connectivity index (χ4v) is 6.25. The molecule has 1 aromatic heterocycles. The second-order valence-electron chi connectivity index (χ2n) is 11.6. The molecule has 0 spiro atoms. The fraction of sp³-hybridized carbons (Fsp3) is 0.484. The van der Waals surface area contributed by atoms with Crippen molar-refractivity contribution in [2.75, 3.05) is 43.1 Å². The van der Waals surface area contributed by atoms with E-state index in [1.54, 1.807) is 6.07 Å². The van der Waals surface area contributed by atoms with Gasteiger partial charge in [0.1, 0.15) is 17.8 Å². The summed E-state index contributed by atoms with van der Waals surface area (Å²) in [4.78, 5) is 15.5. The third kappa shape index (κ3) is 6.19. The van der Waals surface area contributed by atoms with Crippen LogP contribution >= 0.6 is 11.6 Å². The van der Waals surface area contributed by atoms with Crippen LogP contribution in [0.2, 0.25) is 5.15 Å². The van der Waals surface area contributed by atoms with Gasteiger partial charge in [0.2, 0.25) is 0 Å². The molecular formula is C31H41ClFN7. The van der Waals surface area contributed by atoms with Crippen LogP contribution in [0.4, 0.5) is 27.3 Å². The summed E-state index contributed by atoms with van der Waals surface area (Å²) in [5, 5.41) is 3.59. The highest BCUT2D eigenvalue weighted by molar-refractivity contribution is 6.32. The zero-order chi connectivity index (χ0) is 28.4. The van der Waals surface area contributed by atoms with E-state index < -0.39 is 0 Å². The largest absolute Gasteiger partial charge is 0.393 e. The number of nitrogens with zero attached hydrogens (tertiary/aromatic N) is 5. The maximum absolute atomic E-state index is 15.3. The molecule has 0 radical (unpaired) electrons. The molecule has 5 rings (SSSR count). The van der Waals surface area contributed by atoms with Gasteiger partial charge in [-0.05, 0) is 76.2 Å². The molecule has 40 heavy (non-hydrogen) atoms. The quantitative estimate of drug-likeness (QED) is 0.314. The first kappa shape index (κ1) is 28.6. The zero-order valence-corrected chi connectivity index (χ0v) is 24.8. The molecule has 1 aliphatic carbocycles. The number of aromatic nitrogens is 2. The van der Waals surface area contributed by atoms with E-state index in [1.807, 2.05) is 24.3 Å². The fourth-order valence-electron chi connectivity index (χ4n) is 6.11. The number of halogens is 2. The Morgan fingerprint density at radius 3 is 2.50 bits per heavy atom. The van der Waals surface area contributed by atoms with Crippen molar-refractivity contribution >= 4 is 34.5 Å². The molecule has 0 bridgehead atoms. The lowest BCUT2D eigenvalue weighted by Gasteiger charge is -2.44. The van der Waals surface area contributed by atoms with Crippen molar-refractivity contribution in [2.45, 2.75) is 70.6 Å². The number of benzene rings is 2. The van der Waals surface area contributed by atoms with Crippen LogP contribution in [0.3, 0.4) is 0 Å². The molecular weight excluding hydrogens is 525 g/mol. The molecule has 2 heterocycles. The van der Waals surface area contributed by atoms with E-state index in [0.29, 0.717) is 29.5 Å². The standard InChI is InChI=1S/C31H41ClFN7/c1-20-16-40(17-21(2)39(20)4)28-13-11-23(15-27(28)37-31-29(34)30(32)35-19-36-31)25-14-22(10-12-26(25)33)18-38(3)24-8-6-5-7-9-24/h10-15,19-21,24H,5-9,16-18,34H2,1-4H3,(H,35,36,37)/t20-,21+. The van der Waals surface area contributed by atoms with Crippen LogP contribution in [-0.4, -0.2) is 65.1 Å². The SMILES string of the molecule is C[C@@H]1CN(c2ccc(-c3cc(CN(C)C4CCCCC4)ccc3F)cc2Nc2ncnc(Cl)c2N)C[C@H](C)N1C. The zero-order valence-electron chi connectivity index (χ0n) is 24.0. The van der Waals surface area contributed by atoms with Crippen molar-refractivity contribution in [3.63, 3.8) is 0 Å². The third-order valence-corrected chi connectivity index (χ3v) is 9.06. The topological polar surface area (TPSA) is 73.5 Å². The van der Waals surface area contributed by atoms with Gasteiger partial charge in [0.05, 0.1) is 11.4 Å². The number of nitrogen functional groups attached to an aromatic ring is 1. The predicted octanol–water partition coefficient (Wildman–Crippen LogP) is 6.56. The highest BCUT2D eigenvalue weighted by Gasteiger charge is 2.28. The van der Waals surface area contributed by atoms with Crippen molar-refractivity contribution in [3.8, 4) is 11.1 Å².